The second kappa shape index (κ2) is 13.0. The van der Waals surface area contributed by atoms with Crippen molar-refractivity contribution in [1.82, 2.24) is 0 Å². The lowest BCUT2D eigenvalue weighted by atomic mass is 10.1. The highest BCUT2D eigenvalue weighted by atomic mass is 19.5. The van der Waals surface area contributed by atoms with Gasteiger partial charge in [-0.15, -0.1) is 0 Å². The highest BCUT2D eigenvalue weighted by Crippen LogP contribution is 2.18. The van der Waals surface area contributed by atoms with E-state index in [1.165, 1.54) is 0 Å². The number of pyridine rings is 2. The summed E-state index contributed by atoms with van der Waals surface area (Å²) >= 11 is 0. The van der Waals surface area contributed by atoms with E-state index >= 15 is 0 Å². The number of hydrogen-bond acceptors (Lipinski definition) is 2. The minimum absolute atomic E-state index is 0.636. The van der Waals surface area contributed by atoms with E-state index in [-0.39, 0.29) is 0 Å². The Balaban J connectivity index is 0.000000435. The Hall–Kier alpha value is -4.71. The number of halogens is 8. The number of rotatable bonds is 3. The number of nitrogens with zero attached hydrogens (tertiary/aromatic N) is 4. The van der Waals surface area contributed by atoms with Crippen LogP contribution in [0.15, 0.2) is 97.6 Å². The van der Waals surface area contributed by atoms with Gasteiger partial charge in [-0.3, -0.25) is 0 Å². The van der Waals surface area contributed by atoms with Crippen molar-refractivity contribution in [2.75, 3.05) is 0 Å². The lowest BCUT2D eigenvalue weighted by molar-refractivity contribution is -0.596. The van der Waals surface area contributed by atoms with E-state index in [1.54, 1.807) is 0 Å². The van der Waals surface area contributed by atoms with Gasteiger partial charge < -0.3 is 34.5 Å². The molecule has 0 radical (unpaired) electrons. The molecule has 0 fully saturated rings. The van der Waals surface area contributed by atoms with Crippen LogP contribution in [0.5, 0.6) is 0 Å². The van der Waals surface area contributed by atoms with Gasteiger partial charge >= 0.3 is 14.5 Å². The summed E-state index contributed by atoms with van der Waals surface area (Å²) in [4.78, 5) is 0. The molecule has 4 rings (SSSR count). The van der Waals surface area contributed by atoms with Crippen molar-refractivity contribution in [3.05, 3.63) is 109 Å². The molecule has 0 bridgehead atoms. The van der Waals surface area contributed by atoms with Crippen LogP contribution >= 0.6 is 0 Å². The zero-order chi connectivity index (χ0) is 28.3. The van der Waals surface area contributed by atoms with Gasteiger partial charge in [0.2, 0.25) is 11.4 Å². The SMILES string of the molecule is F[B-](F)(F)F.F[B-](F)(F)F.N#Cc1ccccc1-[n+]1ccc(-c2cc[n+](-c3ccccc3C#N)cc2)cc1. The lowest BCUT2D eigenvalue weighted by Gasteiger charge is -2.02. The molecule has 194 valence electrons. The standard InChI is InChI=1S/C24H16N4.2BF4/c25-17-21-5-1-3-7-23(21)27-13-9-19(10-14-27)20-11-15-28(16-12-20)24-8-4-2-6-22(24)18-26;2*2-1(3,4)5/h1-16H;;/q+2;2*-1. The number of nitriles is 2. The molecule has 0 aliphatic carbocycles. The molecule has 4 nitrogen and oxygen atoms in total. The first-order chi connectivity index (χ1) is 17.8. The summed E-state index contributed by atoms with van der Waals surface area (Å²) in [5, 5.41) is 18.6. The van der Waals surface area contributed by atoms with E-state index in [2.05, 4.69) is 12.1 Å². The third-order valence-electron chi connectivity index (χ3n) is 4.60. The summed E-state index contributed by atoms with van der Waals surface area (Å²) in [6.07, 6.45) is 7.82. The zero-order valence-corrected chi connectivity index (χ0v) is 19.2. The fraction of sp³-hybridized carbons (Fsp3) is 0. The third-order valence-corrected chi connectivity index (χ3v) is 4.60. The fourth-order valence-corrected chi connectivity index (χ4v) is 3.15. The molecule has 38 heavy (non-hydrogen) atoms. The van der Waals surface area contributed by atoms with E-state index in [1.807, 2.05) is 107 Å². The predicted octanol–water partition coefficient (Wildman–Crippen LogP) is 6.25. The van der Waals surface area contributed by atoms with Crippen LogP contribution in [0, 0.1) is 22.7 Å². The Bertz CT molecular complexity index is 1300. The Morgan fingerprint density at radius 1 is 0.474 bits per heavy atom. The Morgan fingerprint density at radius 2 is 0.737 bits per heavy atom. The molecule has 0 saturated carbocycles. The van der Waals surface area contributed by atoms with E-state index in [9.17, 15) is 45.0 Å². The number of benzene rings is 2. The molecule has 0 aliphatic heterocycles. The molecular weight excluding hydrogens is 518 g/mol. The maximum Gasteiger partial charge on any atom is 0.673 e. The van der Waals surface area contributed by atoms with Crippen molar-refractivity contribution in [1.29, 1.82) is 10.5 Å². The summed E-state index contributed by atoms with van der Waals surface area (Å²) in [5.74, 6) is 0. The molecule has 0 unspecified atom stereocenters. The van der Waals surface area contributed by atoms with Gasteiger partial charge in [0.25, 0.3) is 0 Å². The van der Waals surface area contributed by atoms with Crippen LogP contribution in [0.25, 0.3) is 22.5 Å². The van der Waals surface area contributed by atoms with Gasteiger partial charge in [0, 0.05) is 36.4 Å². The average Bonchev–Trinajstić information content (AvgIpc) is 2.87. The molecule has 0 aliphatic rings. The summed E-state index contributed by atoms with van der Waals surface area (Å²) in [7, 11) is -12.0. The number of para-hydroxylation sites is 2. The largest absolute Gasteiger partial charge is 0.673 e. The normalized spacial score (nSPS) is 10.6. The van der Waals surface area contributed by atoms with Crippen molar-refractivity contribution in [3.63, 3.8) is 0 Å². The van der Waals surface area contributed by atoms with Crippen LogP contribution in [-0.2, 0) is 0 Å². The van der Waals surface area contributed by atoms with Crippen molar-refractivity contribution in [2.45, 2.75) is 0 Å². The van der Waals surface area contributed by atoms with E-state index in [0.717, 1.165) is 22.5 Å². The molecule has 2 aromatic heterocycles. The van der Waals surface area contributed by atoms with E-state index < -0.39 is 14.5 Å². The fourth-order valence-electron chi connectivity index (χ4n) is 3.15. The average molecular weight is 534 g/mol. The number of hydrogen-bond donors (Lipinski definition) is 0. The molecular formula is C24H16B2F8N4. The Kier molecular flexibility index (Phi) is 10.1. The minimum atomic E-state index is -6.00. The van der Waals surface area contributed by atoms with Crippen LogP contribution in [0.3, 0.4) is 0 Å². The van der Waals surface area contributed by atoms with Crippen LogP contribution in [-0.4, -0.2) is 14.5 Å². The molecule has 0 spiro atoms. The van der Waals surface area contributed by atoms with Crippen LogP contribution in [0.1, 0.15) is 11.1 Å². The third kappa shape index (κ3) is 10.1. The van der Waals surface area contributed by atoms with Crippen LogP contribution in [0.4, 0.5) is 34.5 Å². The Morgan fingerprint density at radius 3 is 1.00 bits per heavy atom. The maximum atomic E-state index is 9.75. The molecule has 0 saturated heterocycles. The summed E-state index contributed by atoms with van der Waals surface area (Å²) in [6.45, 7) is 0. The molecule has 0 atom stereocenters. The molecule has 4 aromatic rings. The van der Waals surface area contributed by atoms with Crippen molar-refractivity contribution in [2.24, 2.45) is 0 Å². The first-order valence-electron chi connectivity index (χ1n) is 10.6. The van der Waals surface area contributed by atoms with Gasteiger partial charge in [-0.2, -0.15) is 19.7 Å². The van der Waals surface area contributed by atoms with Crippen molar-refractivity contribution < 1.29 is 43.7 Å². The smallest absolute Gasteiger partial charge is 0.418 e. The predicted molar refractivity (Wildman–Crippen MR) is 125 cm³/mol. The zero-order valence-electron chi connectivity index (χ0n) is 19.2. The Labute approximate surface area is 212 Å². The molecule has 0 N–H and O–H groups in total. The second-order valence-corrected chi connectivity index (χ2v) is 7.24. The quantitative estimate of drug-likeness (QED) is 0.177. The van der Waals surface area contributed by atoms with E-state index in [4.69, 9.17) is 0 Å². The van der Waals surface area contributed by atoms with Crippen molar-refractivity contribution >= 4 is 14.5 Å². The highest BCUT2D eigenvalue weighted by Gasteiger charge is 2.21. The maximum absolute atomic E-state index is 9.75. The molecule has 2 aromatic carbocycles. The summed E-state index contributed by atoms with van der Waals surface area (Å²) < 4.78 is 81.9. The molecule has 0 amide bonds. The van der Waals surface area contributed by atoms with Gasteiger partial charge in [-0.1, -0.05) is 24.3 Å². The first-order valence-corrected chi connectivity index (χ1v) is 10.6. The van der Waals surface area contributed by atoms with Crippen LogP contribution in [0.2, 0.25) is 0 Å². The van der Waals surface area contributed by atoms with Crippen molar-refractivity contribution in [3.8, 4) is 34.6 Å². The lowest BCUT2D eigenvalue weighted by Crippen LogP contribution is -2.31. The van der Waals surface area contributed by atoms with Gasteiger partial charge in [-0.25, -0.2) is 0 Å². The summed E-state index contributed by atoms with van der Waals surface area (Å²) in [5.41, 5.74) is 5.14. The minimum Gasteiger partial charge on any atom is -0.418 e. The van der Waals surface area contributed by atoms with Crippen LogP contribution < -0.4 is 9.13 Å². The second-order valence-electron chi connectivity index (χ2n) is 7.24. The van der Waals surface area contributed by atoms with Gasteiger partial charge in [0.15, 0.2) is 24.8 Å². The first kappa shape index (κ1) is 29.5. The highest BCUT2D eigenvalue weighted by molar-refractivity contribution is 6.50. The summed E-state index contributed by atoms with van der Waals surface area (Å²) in [6, 6.07) is 27.6. The molecule has 14 heteroatoms. The van der Waals surface area contributed by atoms with Gasteiger partial charge in [0.1, 0.15) is 23.3 Å². The molecule has 2 heterocycles. The topological polar surface area (TPSA) is 55.3 Å². The number of aromatic nitrogens is 2. The van der Waals surface area contributed by atoms with Gasteiger partial charge in [0.05, 0.1) is 0 Å². The van der Waals surface area contributed by atoms with E-state index in [0.29, 0.717) is 11.1 Å². The van der Waals surface area contributed by atoms with Gasteiger partial charge in [-0.05, 0) is 23.3 Å². The monoisotopic (exact) mass is 534 g/mol.